The number of aromatic nitrogens is 1. The lowest BCUT2D eigenvalue weighted by molar-refractivity contribution is 0.629. The second-order valence-corrected chi connectivity index (χ2v) is 5.58. The number of rotatable bonds is 4. The molecular formula is C13H21N3. The zero-order valence-electron chi connectivity index (χ0n) is 10.4. The van der Waals surface area contributed by atoms with Crippen LogP contribution in [0.5, 0.6) is 0 Å². The Morgan fingerprint density at radius 1 is 1.38 bits per heavy atom. The van der Waals surface area contributed by atoms with E-state index in [2.05, 4.69) is 48.5 Å². The van der Waals surface area contributed by atoms with E-state index < -0.39 is 0 Å². The Kier molecular flexibility index (Phi) is 3.15. The summed E-state index contributed by atoms with van der Waals surface area (Å²) in [6.45, 7) is 7.38. The zero-order chi connectivity index (χ0) is 11.6. The number of nitrogens with zero attached hydrogens (tertiary/aromatic N) is 1. The maximum Gasteiger partial charge on any atom is 0.126 e. The molecule has 2 rings (SSSR count). The minimum atomic E-state index is 0.0650. The van der Waals surface area contributed by atoms with Gasteiger partial charge < -0.3 is 10.6 Å². The summed E-state index contributed by atoms with van der Waals surface area (Å²) in [5.41, 5.74) is 1.36. The highest BCUT2D eigenvalue weighted by molar-refractivity contribution is 5.39. The van der Waals surface area contributed by atoms with Gasteiger partial charge in [-0.25, -0.2) is 4.98 Å². The molecule has 1 aromatic heterocycles. The van der Waals surface area contributed by atoms with E-state index in [-0.39, 0.29) is 5.54 Å². The first-order valence-electron chi connectivity index (χ1n) is 5.99. The van der Waals surface area contributed by atoms with E-state index in [1.807, 2.05) is 6.20 Å². The van der Waals surface area contributed by atoms with Crippen LogP contribution < -0.4 is 10.6 Å². The molecule has 0 bridgehead atoms. The number of anilines is 1. The molecule has 2 N–H and O–H groups in total. The third kappa shape index (κ3) is 3.81. The molecule has 0 saturated heterocycles. The van der Waals surface area contributed by atoms with Crippen LogP contribution in [0.2, 0.25) is 0 Å². The van der Waals surface area contributed by atoms with Crippen molar-refractivity contribution >= 4 is 5.82 Å². The molecule has 0 amide bonds. The van der Waals surface area contributed by atoms with E-state index in [0.29, 0.717) is 0 Å². The van der Waals surface area contributed by atoms with Crippen molar-refractivity contribution in [3.05, 3.63) is 23.9 Å². The van der Waals surface area contributed by atoms with Crippen molar-refractivity contribution in [2.24, 2.45) is 0 Å². The number of hydrogen-bond acceptors (Lipinski definition) is 3. The van der Waals surface area contributed by atoms with Crippen LogP contribution in [0.1, 0.15) is 39.2 Å². The van der Waals surface area contributed by atoms with Crippen molar-refractivity contribution in [3.63, 3.8) is 0 Å². The van der Waals surface area contributed by atoms with Crippen molar-refractivity contribution in [1.29, 1.82) is 0 Å². The van der Waals surface area contributed by atoms with Crippen molar-refractivity contribution in [1.82, 2.24) is 10.3 Å². The Labute approximate surface area is 97.7 Å². The molecule has 1 aliphatic carbocycles. The minimum Gasteiger partial charge on any atom is -0.365 e. The summed E-state index contributed by atoms with van der Waals surface area (Å²) in [4.78, 5) is 4.33. The van der Waals surface area contributed by atoms with Gasteiger partial charge in [0.2, 0.25) is 0 Å². The molecular weight excluding hydrogens is 198 g/mol. The molecule has 88 valence electrons. The molecule has 3 heteroatoms. The summed E-state index contributed by atoms with van der Waals surface area (Å²) >= 11 is 0. The molecule has 1 aliphatic rings. The van der Waals surface area contributed by atoms with Crippen molar-refractivity contribution < 1.29 is 0 Å². The lowest BCUT2D eigenvalue weighted by Gasteiger charge is -2.21. The van der Waals surface area contributed by atoms with E-state index in [1.54, 1.807) is 0 Å². The zero-order valence-corrected chi connectivity index (χ0v) is 10.4. The van der Waals surface area contributed by atoms with Crippen LogP contribution in [0.25, 0.3) is 0 Å². The minimum absolute atomic E-state index is 0.0650. The second kappa shape index (κ2) is 4.42. The maximum atomic E-state index is 4.33. The fourth-order valence-corrected chi connectivity index (χ4v) is 1.59. The van der Waals surface area contributed by atoms with Gasteiger partial charge >= 0.3 is 0 Å². The Morgan fingerprint density at radius 3 is 2.75 bits per heavy atom. The molecule has 0 spiro atoms. The largest absolute Gasteiger partial charge is 0.365 e. The monoisotopic (exact) mass is 219 g/mol. The number of nitrogens with one attached hydrogen (secondary N) is 2. The highest BCUT2D eigenvalue weighted by atomic mass is 15.0. The van der Waals surface area contributed by atoms with Gasteiger partial charge in [0.15, 0.2) is 0 Å². The smallest absolute Gasteiger partial charge is 0.126 e. The van der Waals surface area contributed by atoms with E-state index >= 15 is 0 Å². The van der Waals surface area contributed by atoms with E-state index in [0.717, 1.165) is 18.4 Å². The Morgan fingerprint density at radius 2 is 2.12 bits per heavy atom. The predicted octanol–water partition coefficient (Wildman–Crippen LogP) is 2.54. The van der Waals surface area contributed by atoms with Crippen LogP contribution in [0, 0.1) is 0 Å². The van der Waals surface area contributed by atoms with Crippen molar-refractivity contribution in [3.8, 4) is 0 Å². The third-order valence-corrected chi connectivity index (χ3v) is 2.50. The first kappa shape index (κ1) is 11.4. The second-order valence-electron chi connectivity index (χ2n) is 5.58. The molecule has 16 heavy (non-hydrogen) atoms. The lowest BCUT2D eigenvalue weighted by Crippen LogP contribution is -2.26. The molecule has 1 heterocycles. The topological polar surface area (TPSA) is 37.0 Å². The SMILES string of the molecule is CC(C)(C)Nc1cc(CNC2CC2)ccn1. The fraction of sp³-hybridized carbons (Fsp3) is 0.615. The number of hydrogen-bond donors (Lipinski definition) is 2. The quantitative estimate of drug-likeness (QED) is 0.817. The molecule has 0 aliphatic heterocycles. The molecule has 0 atom stereocenters. The summed E-state index contributed by atoms with van der Waals surface area (Å²) in [7, 11) is 0. The Bertz CT molecular complexity index is 350. The summed E-state index contributed by atoms with van der Waals surface area (Å²) in [5, 5.41) is 6.89. The maximum absolute atomic E-state index is 4.33. The van der Waals surface area contributed by atoms with Gasteiger partial charge in [-0.2, -0.15) is 0 Å². The first-order valence-corrected chi connectivity index (χ1v) is 5.99. The average molecular weight is 219 g/mol. The van der Waals surface area contributed by atoms with Crippen molar-refractivity contribution in [2.75, 3.05) is 5.32 Å². The average Bonchev–Trinajstić information content (AvgIpc) is 2.96. The third-order valence-electron chi connectivity index (χ3n) is 2.50. The van der Waals surface area contributed by atoms with Gasteiger partial charge in [-0.1, -0.05) is 0 Å². The standard InChI is InChI=1S/C13H21N3/c1-13(2,3)16-12-8-10(6-7-14-12)9-15-11-4-5-11/h6-8,11,15H,4-5,9H2,1-3H3,(H,14,16). The summed E-state index contributed by atoms with van der Waals surface area (Å²) in [6, 6.07) is 4.95. The van der Waals surface area contributed by atoms with E-state index in [4.69, 9.17) is 0 Å². The summed E-state index contributed by atoms with van der Waals surface area (Å²) < 4.78 is 0. The highest BCUT2D eigenvalue weighted by Gasteiger charge is 2.20. The lowest BCUT2D eigenvalue weighted by atomic mass is 10.1. The normalized spacial score (nSPS) is 16.2. The van der Waals surface area contributed by atoms with Gasteiger partial charge in [-0.05, 0) is 51.3 Å². The van der Waals surface area contributed by atoms with Crippen LogP contribution in [0.3, 0.4) is 0 Å². The number of pyridine rings is 1. The molecule has 0 unspecified atom stereocenters. The van der Waals surface area contributed by atoms with E-state index in [9.17, 15) is 0 Å². The highest BCUT2D eigenvalue weighted by Crippen LogP contribution is 2.20. The van der Waals surface area contributed by atoms with Crippen LogP contribution in [-0.4, -0.2) is 16.6 Å². The summed E-state index contributed by atoms with van der Waals surface area (Å²) in [5.74, 6) is 0.961. The fourth-order valence-electron chi connectivity index (χ4n) is 1.59. The van der Waals surface area contributed by atoms with Crippen molar-refractivity contribution in [2.45, 2.75) is 51.7 Å². The molecule has 3 nitrogen and oxygen atoms in total. The Balaban J connectivity index is 1.95. The van der Waals surface area contributed by atoms with Crippen LogP contribution in [-0.2, 0) is 6.54 Å². The molecule has 0 aromatic carbocycles. The van der Waals surface area contributed by atoms with Gasteiger partial charge in [0, 0.05) is 24.3 Å². The van der Waals surface area contributed by atoms with Gasteiger partial charge in [0.1, 0.15) is 5.82 Å². The molecule has 1 aromatic rings. The predicted molar refractivity (Wildman–Crippen MR) is 67.5 cm³/mol. The summed E-state index contributed by atoms with van der Waals surface area (Å²) in [6.07, 6.45) is 4.54. The van der Waals surface area contributed by atoms with Gasteiger partial charge in [-0.3, -0.25) is 0 Å². The molecule has 1 fully saturated rings. The van der Waals surface area contributed by atoms with Gasteiger partial charge in [0.05, 0.1) is 0 Å². The molecule has 0 radical (unpaired) electrons. The van der Waals surface area contributed by atoms with Gasteiger partial charge in [0.25, 0.3) is 0 Å². The molecule has 1 saturated carbocycles. The van der Waals surface area contributed by atoms with Crippen LogP contribution in [0.4, 0.5) is 5.82 Å². The Hall–Kier alpha value is -1.09. The van der Waals surface area contributed by atoms with E-state index in [1.165, 1.54) is 18.4 Å². The van der Waals surface area contributed by atoms with Crippen LogP contribution >= 0.6 is 0 Å². The van der Waals surface area contributed by atoms with Crippen LogP contribution in [0.15, 0.2) is 18.3 Å². The van der Waals surface area contributed by atoms with Gasteiger partial charge in [-0.15, -0.1) is 0 Å². The first-order chi connectivity index (χ1) is 7.53.